The van der Waals surface area contributed by atoms with Crippen LogP contribution in [0.25, 0.3) is 11.5 Å². The molecule has 4 rings (SSSR count). The Morgan fingerprint density at radius 2 is 2.09 bits per heavy atom. The van der Waals surface area contributed by atoms with Crippen molar-refractivity contribution in [2.45, 2.75) is 37.6 Å². The highest BCUT2D eigenvalue weighted by Crippen LogP contribution is 2.28. The highest BCUT2D eigenvalue weighted by molar-refractivity contribution is 5.47. The zero-order valence-corrected chi connectivity index (χ0v) is 13.3. The number of H-pyrrole nitrogens is 1. The van der Waals surface area contributed by atoms with Crippen molar-refractivity contribution < 1.29 is 4.74 Å². The zero-order chi connectivity index (χ0) is 15.5. The van der Waals surface area contributed by atoms with E-state index in [1.165, 1.54) is 19.4 Å². The Labute approximate surface area is 136 Å². The molecule has 0 aliphatic carbocycles. The number of aromatic nitrogens is 4. The van der Waals surface area contributed by atoms with E-state index in [-0.39, 0.29) is 0 Å². The lowest BCUT2D eigenvalue weighted by Gasteiger charge is -2.39. The molecule has 6 nitrogen and oxygen atoms in total. The molecule has 0 aromatic carbocycles. The fourth-order valence-electron chi connectivity index (χ4n) is 3.68. The van der Waals surface area contributed by atoms with Crippen LogP contribution in [0.3, 0.4) is 0 Å². The van der Waals surface area contributed by atoms with E-state index in [0.717, 1.165) is 44.1 Å². The van der Waals surface area contributed by atoms with Gasteiger partial charge >= 0.3 is 0 Å². The Balaban J connectivity index is 1.46. The molecule has 2 aliphatic heterocycles. The average Bonchev–Trinajstić information content (AvgIpc) is 3.14. The standard InChI is InChI=1S/C17H23N5O/c1-2-8-18-15(5-1)17-19-16(20-21-17)13-4-3-9-22(12-13)14-6-10-23-11-7-14/h1-2,5,8,13-14H,3-4,6-7,9-12H2,(H,19,20,21). The van der Waals surface area contributed by atoms with Gasteiger partial charge in [0.2, 0.25) is 0 Å². The molecular weight excluding hydrogens is 290 g/mol. The molecule has 2 aromatic rings. The van der Waals surface area contributed by atoms with E-state index >= 15 is 0 Å². The van der Waals surface area contributed by atoms with Gasteiger partial charge < -0.3 is 4.74 Å². The maximum atomic E-state index is 5.49. The first-order valence-corrected chi connectivity index (χ1v) is 8.55. The molecule has 0 amide bonds. The molecule has 2 aromatic heterocycles. The van der Waals surface area contributed by atoms with E-state index in [1.807, 2.05) is 18.2 Å². The van der Waals surface area contributed by atoms with E-state index < -0.39 is 0 Å². The Kier molecular flexibility index (Phi) is 4.35. The van der Waals surface area contributed by atoms with Crippen molar-refractivity contribution in [3.63, 3.8) is 0 Å². The van der Waals surface area contributed by atoms with Crippen molar-refractivity contribution in [1.29, 1.82) is 0 Å². The van der Waals surface area contributed by atoms with Crippen LogP contribution >= 0.6 is 0 Å². The van der Waals surface area contributed by atoms with Crippen molar-refractivity contribution in [3.8, 4) is 11.5 Å². The Hall–Kier alpha value is -1.79. The lowest BCUT2D eigenvalue weighted by Crippen LogP contribution is -2.44. The number of pyridine rings is 1. The maximum absolute atomic E-state index is 5.49. The smallest absolute Gasteiger partial charge is 0.199 e. The first-order valence-electron chi connectivity index (χ1n) is 8.55. The summed E-state index contributed by atoms with van der Waals surface area (Å²) in [6, 6.07) is 6.49. The molecule has 1 unspecified atom stereocenters. The van der Waals surface area contributed by atoms with Gasteiger partial charge in [0.25, 0.3) is 0 Å². The first-order chi connectivity index (χ1) is 11.4. The van der Waals surface area contributed by atoms with Crippen molar-refractivity contribution >= 4 is 0 Å². The summed E-state index contributed by atoms with van der Waals surface area (Å²) >= 11 is 0. The molecule has 0 radical (unpaired) electrons. The highest BCUT2D eigenvalue weighted by Gasteiger charge is 2.29. The lowest BCUT2D eigenvalue weighted by molar-refractivity contribution is 0.0235. The second-order valence-corrected chi connectivity index (χ2v) is 6.44. The molecule has 6 heteroatoms. The highest BCUT2D eigenvalue weighted by atomic mass is 16.5. The molecule has 2 saturated heterocycles. The molecule has 1 atom stereocenters. The number of rotatable bonds is 3. The van der Waals surface area contributed by atoms with Gasteiger partial charge in [-0.3, -0.25) is 15.0 Å². The van der Waals surface area contributed by atoms with E-state index in [4.69, 9.17) is 9.72 Å². The van der Waals surface area contributed by atoms with Crippen LogP contribution < -0.4 is 0 Å². The Morgan fingerprint density at radius 1 is 1.17 bits per heavy atom. The first kappa shape index (κ1) is 14.8. The number of nitrogens with one attached hydrogen (secondary N) is 1. The number of likely N-dealkylation sites (tertiary alicyclic amines) is 1. The van der Waals surface area contributed by atoms with Crippen LogP contribution in [0.2, 0.25) is 0 Å². The predicted molar refractivity (Wildman–Crippen MR) is 87.0 cm³/mol. The predicted octanol–water partition coefficient (Wildman–Crippen LogP) is 2.23. The van der Waals surface area contributed by atoms with E-state index in [1.54, 1.807) is 6.20 Å². The lowest BCUT2D eigenvalue weighted by atomic mass is 9.94. The molecule has 4 heterocycles. The van der Waals surface area contributed by atoms with E-state index in [2.05, 4.69) is 20.1 Å². The zero-order valence-electron chi connectivity index (χ0n) is 13.3. The minimum atomic E-state index is 0.441. The summed E-state index contributed by atoms with van der Waals surface area (Å²) in [5.74, 6) is 2.14. The summed E-state index contributed by atoms with van der Waals surface area (Å²) in [5.41, 5.74) is 0.826. The molecule has 1 N–H and O–H groups in total. The summed E-state index contributed by atoms with van der Waals surface area (Å²) < 4.78 is 5.49. The molecular formula is C17H23N5O. The molecule has 0 saturated carbocycles. The minimum Gasteiger partial charge on any atom is -0.381 e. The second-order valence-electron chi connectivity index (χ2n) is 6.44. The fourth-order valence-corrected chi connectivity index (χ4v) is 3.68. The van der Waals surface area contributed by atoms with Crippen LogP contribution in [-0.2, 0) is 4.74 Å². The normalized spacial score (nSPS) is 23.9. The molecule has 23 heavy (non-hydrogen) atoms. The number of ether oxygens (including phenoxy) is 1. The Morgan fingerprint density at radius 3 is 2.91 bits per heavy atom. The maximum Gasteiger partial charge on any atom is 0.199 e. The van der Waals surface area contributed by atoms with Crippen LogP contribution in [0.1, 0.15) is 37.4 Å². The van der Waals surface area contributed by atoms with Gasteiger partial charge in [0, 0.05) is 37.9 Å². The average molecular weight is 313 g/mol. The van der Waals surface area contributed by atoms with Crippen LogP contribution in [0, 0.1) is 0 Å². The molecule has 2 fully saturated rings. The summed E-state index contributed by atoms with van der Waals surface area (Å²) in [5, 5.41) is 7.51. The summed E-state index contributed by atoms with van der Waals surface area (Å²) in [7, 11) is 0. The topological polar surface area (TPSA) is 66.9 Å². The second kappa shape index (κ2) is 6.76. The number of piperidine rings is 1. The molecule has 0 bridgehead atoms. The number of aromatic amines is 1. The van der Waals surface area contributed by atoms with Gasteiger partial charge in [0.05, 0.1) is 0 Å². The minimum absolute atomic E-state index is 0.441. The number of hydrogen-bond acceptors (Lipinski definition) is 5. The van der Waals surface area contributed by atoms with Gasteiger partial charge in [-0.2, -0.15) is 5.10 Å². The van der Waals surface area contributed by atoms with Gasteiger partial charge in [-0.05, 0) is 44.4 Å². The quantitative estimate of drug-likeness (QED) is 0.941. The van der Waals surface area contributed by atoms with Crippen LogP contribution in [-0.4, -0.2) is 57.4 Å². The third kappa shape index (κ3) is 3.28. The monoisotopic (exact) mass is 313 g/mol. The summed E-state index contributed by atoms with van der Waals surface area (Å²) in [6.07, 6.45) is 6.49. The van der Waals surface area contributed by atoms with E-state index in [0.29, 0.717) is 17.8 Å². The summed E-state index contributed by atoms with van der Waals surface area (Å²) in [4.78, 5) is 11.7. The SMILES string of the molecule is c1ccc(-c2n[nH]c(C3CCCN(C4CCOCC4)C3)n2)nc1. The van der Waals surface area contributed by atoms with Crippen LogP contribution in [0.4, 0.5) is 0 Å². The molecule has 122 valence electrons. The van der Waals surface area contributed by atoms with Crippen LogP contribution in [0.15, 0.2) is 24.4 Å². The van der Waals surface area contributed by atoms with Gasteiger partial charge in [-0.15, -0.1) is 0 Å². The van der Waals surface area contributed by atoms with Crippen molar-refractivity contribution in [2.24, 2.45) is 0 Å². The third-order valence-electron chi connectivity index (χ3n) is 4.94. The van der Waals surface area contributed by atoms with Crippen molar-refractivity contribution in [2.75, 3.05) is 26.3 Å². The largest absolute Gasteiger partial charge is 0.381 e. The third-order valence-corrected chi connectivity index (χ3v) is 4.94. The molecule has 2 aliphatic rings. The number of nitrogens with zero attached hydrogens (tertiary/aromatic N) is 4. The van der Waals surface area contributed by atoms with Crippen LogP contribution in [0.5, 0.6) is 0 Å². The van der Waals surface area contributed by atoms with Gasteiger partial charge in [0.1, 0.15) is 11.5 Å². The number of hydrogen-bond donors (Lipinski definition) is 1. The molecule has 0 spiro atoms. The fraction of sp³-hybridized carbons (Fsp3) is 0.588. The van der Waals surface area contributed by atoms with E-state index in [9.17, 15) is 0 Å². The van der Waals surface area contributed by atoms with Gasteiger partial charge in [0.15, 0.2) is 5.82 Å². The van der Waals surface area contributed by atoms with Gasteiger partial charge in [-0.25, -0.2) is 4.98 Å². The van der Waals surface area contributed by atoms with Gasteiger partial charge in [-0.1, -0.05) is 6.07 Å². The van der Waals surface area contributed by atoms with Crippen molar-refractivity contribution in [3.05, 3.63) is 30.2 Å². The Bertz CT molecular complexity index is 623. The summed E-state index contributed by atoms with van der Waals surface area (Å²) in [6.45, 7) is 4.07. The van der Waals surface area contributed by atoms with Crippen molar-refractivity contribution in [1.82, 2.24) is 25.1 Å².